The molecular weight excluding hydrogens is 126 g/mol. The van der Waals surface area contributed by atoms with Crippen LogP contribution >= 0.6 is 0 Å². The molecule has 1 aliphatic rings. The molecule has 0 N–H and O–H groups in total. The second-order valence-electron chi connectivity index (χ2n) is 2.57. The van der Waals surface area contributed by atoms with E-state index >= 15 is 0 Å². The standard InChI is InChI=1S/C8H11NO/c1-7-6-8(2-4-9)3-5-10-7/h2,7H,3,5-6H2,1H3. The van der Waals surface area contributed by atoms with Gasteiger partial charge in [0.2, 0.25) is 0 Å². The van der Waals surface area contributed by atoms with Gasteiger partial charge < -0.3 is 4.74 Å². The molecule has 0 spiro atoms. The smallest absolute Gasteiger partial charge is 0.0911 e. The molecule has 2 heteroatoms. The van der Waals surface area contributed by atoms with E-state index in [2.05, 4.69) is 0 Å². The Labute approximate surface area is 61.1 Å². The lowest BCUT2D eigenvalue weighted by atomic mass is 10.0. The van der Waals surface area contributed by atoms with E-state index in [1.807, 2.05) is 13.0 Å². The van der Waals surface area contributed by atoms with Gasteiger partial charge in [0.15, 0.2) is 0 Å². The van der Waals surface area contributed by atoms with E-state index in [4.69, 9.17) is 10.00 Å². The summed E-state index contributed by atoms with van der Waals surface area (Å²) in [5, 5.41) is 8.34. The molecule has 2 nitrogen and oxygen atoms in total. The van der Waals surface area contributed by atoms with Crippen LogP contribution in [-0.2, 0) is 4.74 Å². The third-order valence-electron chi connectivity index (χ3n) is 1.64. The fourth-order valence-corrected chi connectivity index (χ4v) is 1.14. The maximum atomic E-state index is 8.34. The third kappa shape index (κ3) is 1.85. The molecule has 0 aromatic heterocycles. The largest absolute Gasteiger partial charge is 0.378 e. The summed E-state index contributed by atoms with van der Waals surface area (Å²) in [6, 6.07) is 2.04. The van der Waals surface area contributed by atoms with Crippen molar-refractivity contribution in [2.45, 2.75) is 25.9 Å². The van der Waals surface area contributed by atoms with Crippen molar-refractivity contribution in [1.82, 2.24) is 0 Å². The van der Waals surface area contributed by atoms with Gasteiger partial charge in [-0.15, -0.1) is 0 Å². The number of nitriles is 1. The fraction of sp³-hybridized carbons (Fsp3) is 0.625. The molecule has 0 aromatic rings. The summed E-state index contributed by atoms with van der Waals surface area (Å²) in [6.07, 6.45) is 3.79. The topological polar surface area (TPSA) is 33.0 Å². The fourth-order valence-electron chi connectivity index (χ4n) is 1.14. The number of ether oxygens (including phenoxy) is 1. The number of hydrogen-bond donors (Lipinski definition) is 0. The molecule has 1 fully saturated rings. The Morgan fingerprint density at radius 3 is 3.20 bits per heavy atom. The minimum absolute atomic E-state index is 0.299. The summed E-state index contributed by atoms with van der Waals surface area (Å²) in [7, 11) is 0. The molecule has 1 atom stereocenters. The van der Waals surface area contributed by atoms with Crippen LogP contribution in [0.5, 0.6) is 0 Å². The van der Waals surface area contributed by atoms with Crippen LogP contribution in [0.15, 0.2) is 11.6 Å². The van der Waals surface area contributed by atoms with E-state index in [1.165, 1.54) is 5.57 Å². The van der Waals surface area contributed by atoms with E-state index in [9.17, 15) is 0 Å². The molecule has 0 aliphatic carbocycles. The molecule has 1 heterocycles. The van der Waals surface area contributed by atoms with Crippen LogP contribution in [0.25, 0.3) is 0 Å². The Balaban J connectivity index is 2.49. The van der Waals surface area contributed by atoms with Crippen LogP contribution in [0, 0.1) is 11.3 Å². The molecule has 0 aromatic carbocycles. The summed E-state index contributed by atoms with van der Waals surface area (Å²) in [6.45, 7) is 2.80. The first-order valence-corrected chi connectivity index (χ1v) is 3.52. The summed E-state index contributed by atoms with van der Waals surface area (Å²) in [5.74, 6) is 0. The quantitative estimate of drug-likeness (QED) is 0.475. The molecule has 10 heavy (non-hydrogen) atoms. The van der Waals surface area contributed by atoms with Crippen molar-refractivity contribution in [1.29, 1.82) is 5.26 Å². The van der Waals surface area contributed by atoms with Gasteiger partial charge in [-0.2, -0.15) is 5.26 Å². The summed E-state index contributed by atoms with van der Waals surface area (Å²) in [4.78, 5) is 0. The van der Waals surface area contributed by atoms with E-state index < -0.39 is 0 Å². The summed E-state index contributed by atoms with van der Waals surface area (Å²) >= 11 is 0. The van der Waals surface area contributed by atoms with Crippen molar-refractivity contribution in [3.05, 3.63) is 11.6 Å². The highest BCUT2D eigenvalue weighted by molar-refractivity contribution is 5.15. The predicted molar refractivity (Wildman–Crippen MR) is 38.3 cm³/mol. The minimum atomic E-state index is 0.299. The van der Waals surface area contributed by atoms with Crippen molar-refractivity contribution in [2.75, 3.05) is 6.61 Å². The van der Waals surface area contributed by atoms with Crippen molar-refractivity contribution >= 4 is 0 Å². The zero-order valence-corrected chi connectivity index (χ0v) is 6.13. The van der Waals surface area contributed by atoms with Crippen LogP contribution < -0.4 is 0 Å². The Morgan fingerprint density at radius 2 is 2.60 bits per heavy atom. The number of nitrogens with zero attached hydrogens (tertiary/aromatic N) is 1. The van der Waals surface area contributed by atoms with Gasteiger partial charge in [-0.3, -0.25) is 0 Å². The van der Waals surface area contributed by atoms with Crippen molar-refractivity contribution in [3.63, 3.8) is 0 Å². The number of allylic oxidation sites excluding steroid dienone is 1. The zero-order valence-electron chi connectivity index (χ0n) is 6.13. The highest BCUT2D eigenvalue weighted by Gasteiger charge is 2.11. The molecule has 1 unspecified atom stereocenters. The first-order valence-electron chi connectivity index (χ1n) is 3.52. The van der Waals surface area contributed by atoms with Crippen molar-refractivity contribution in [3.8, 4) is 6.07 Å². The van der Waals surface area contributed by atoms with Gasteiger partial charge in [0.05, 0.1) is 18.8 Å². The number of hydrogen-bond acceptors (Lipinski definition) is 2. The summed E-state index contributed by atoms with van der Waals surface area (Å²) < 4.78 is 5.30. The Kier molecular flexibility index (Phi) is 2.47. The normalized spacial score (nSPS) is 30.0. The lowest BCUT2D eigenvalue weighted by Crippen LogP contribution is -2.16. The molecule has 0 saturated carbocycles. The van der Waals surface area contributed by atoms with Crippen molar-refractivity contribution in [2.24, 2.45) is 0 Å². The van der Waals surface area contributed by atoms with Gasteiger partial charge in [0.1, 0.15) is 0 Å². The first-order chi connectivity index (χ1) is 4.83. The maximum Gasteiger partial charge on any atom is 0.0911 e. The second-order valence-corrected chi connectivity index (χ2v) is 2.57. The average Bonchev–Trinajstić information content (AvgIpc) is 1.88. The molecule has 1 aliphatic heterocycles. The predicted octanol–water partition coefficient (Wildman–Crippen LogP) is 1.64. The van der Waals surface area contributed by atoms with Crippen LogP contribution in [0.3, 0.4) is 0 Å². The van der Waals surface area contributed by atoms with Crippen LogP contribution in [0.1, 0.15) is 19.8 Å². The summed E-state index contributed by atoms with van der Waals surface area (Å²) in [5.41, 5.74) is 1.22. The van der Waals surface area contributed by atoms with Gasteiger partial charge in [-0.1, -0.05) is 5.57 Å². The average molecular weight is 137 g/mol. The zero-order chi connectivity index (χ0) is 7.40. The Bertz CT molecular complexity index is 178. The Morgan fingerprint density at radius 1 is 1.80 bits per heavy atom. The highest BCUT2D eigenvalue weighted by atomic mass is 16.5. The van der Waals surface area contributed by atoms with Crippen LogP contribution in [0.2, 0.25) is 0 Å². The maximum absolute atomic E-state index is 8.34. The van der Waals surface area contributed by atoms with Crippen LogP contribution in [-0.4, -0.2) is 12.7 Å². The van der Waals surface area contributed by atoms with Crippen LogP contribution in [0.4, 0.5) is 0 Å². The molecular formula is C8H11NO. The van der Waals surface area contributed by atoms with E-state index in [1.54, 1.807) is 6.08 Å². The van der Waals surface area contributed by atoms with E-state index in [0.717, 1.165) is 19.4 Å². The monoisotopic (exact) mass is 137 g/mol. The molecule has 0 bridgehead atoms. The lowest BCUT2D eigenvalue weighted by Gasteiger charge is -2.20. The van der Waals surface area contributed by atoms with Gasteiger partial charge in [-0.25, -0.2) is 0 Å². The van der Waals surface area contributed by atoms with E-state index in [-0.39, 0.29) is 0 Å². The SMILES string of the molecule is CC1CC(=CC#N)CCO1. The second kappa shape index (κ2) is 3.38. The minimum Gasteiger partial charge on any atom is -0.378 e. The molecule has 0 amide bonds. The first kappa shape index (κ1) is 7.30. The van der Waals surface area contributed by atoms with E-state index in [0.29, 0.717) is 6.10 Å². The molecule has 54 valence electrons. The lowest BCUT2D eigenvalue weighted by molar-refractivity contribution is 0.0487. The van der Waals surface area contributed by atoms with Gasteiger partial charge in [0, 0.05) is 6.08 Å². The highest BCUT2D eigenvalue weighted by Crippen LogP contribution is 2.17. The Hall–Kier alpha value is -0.810. The molecule has 1 saturated heterocycles. The third-order valence-corrected chi connectivity index (χ3v) is 1.64. The van der Waals surface area contributed by atoms with Gasteiger partial charge in [-0.05, 0) is 19.8 Å². The molecule has 0 radical (unpaired) electrons. The number of rotatable bonds is 0. The van der Waals surface area contributed by atoms with Gasteiger partial charge >= 0.3 is 0 Å². The van der Waals surface area contributed by atoms with Gasteiger partial charge in [0.25, 0.3) is 0 Å². The molecule has 1 rings (SSSR count). The van der Waals surface area contributed by atoms with Crippen molar-refractivity contribution < 1.29 is 4.74 Å².